The number of rotatable bonds is 5. The van der Waals surface area contributed by atoms with E-state index in [2.05, 4.69) is 10.4 Å². The minimum atomic E-state index is -4.51. The Hall–Kier alpha value is -2.30. The molecule has 0 aliphatic carbocycles. The van der Waals surface area contributed by atoms with Crippen LogP contribution < -0.4 is 5.32 Å². The Labute approximate surface area is 173 Å². The molecule has 1 amide bonds. The molecule has 1 aromatic heterocycles. The van der Waals surface area contributed by atoms with Gasteiger partial charge in [-0.2, -0.15) is 18.3 Å². The molecule has 2 aliphatic heterocycles. The fourth-order valence-corrected chi connectivity index (χ4v) is 4.19. The Morgan fingerprint density at radius 3 is 2.73 bits per heavy atom. The lowest BCUT2D eigenvalue weighted by atomic mass is 9.85. The van der Waals surface area contributed by atoms with E-state index >= 15 is 0 Å². The predicted molar refractivity (Wildman–Crippen MR) is 103 cm³/mol. The van der Waals surface area contributed by atoms with Crippen LogP contribution in [-0.4, -0.2) is 84.0 Å². The van der Waals surface area contributed by atoms with Crippen molar-refractivity contribution in [2.45, 2.75) is 44.4 Å². The maximum atomic E-state index is 13.8. The predicted octanol–water partition coefficient (Wildman–Crippen LogP) is 2.15. The number of alkyl halides is 3. The summed E-state index contributed by atoms with van der Waals surface area (Å²) < 4.78 is 47.2. The highest BCUT2D eigenvalue weighted by atomic mass is 19.4. The number of hydrogen-bond donors (Lipinski definition) is 1. The molecule has 1 aromatic rings. The fraction of sp³-hybridized carbons (Fsp3) is 0.737. The first kappa shape index (κ1) is 22.4. The second-order valence-corrected chi connectivity index (χ2v) is 8.10. The molecule has 1 unspecified atom stereocenters. The second-order valence-electron chi connectivity index (χ2n) is 8.10. The van der Waals surface area contributed by atoms with Gasteiger partial charge >= 0.3 is 12.1 Å². The van der Waals surface area contributed by atoms with Crippen molar-refractivity contribution in [2.24, 2.45) is 5.92 Å². The van der Waals surface area contributed by atoms with Gasteiger partial charge in [0.25, 0.3) is 0 Å². The van der Waals surface area contributed by atoms with E-state index in [1.807, 2.05) is 0 Å². The molecular formula is C19H28F3N5O3. The number of nitrogens with zero attached hydrogens (tertiary/aromatic N) is 4. The van der Waals surface area contributed by atoms with Gasteiger partial charge in [0, 0.05) is 19.1 Å². The molecule has 11 heteroatoms. The van der Waals surface area contributed by atoms with Gasteiger partial charge in [-0.25, -0.2) is 9.48 Å². The molecule has 30 heavy (non-hydrogen) atoms. The van der Waals surface area contributed by atoms with Gasteiger partial charge in [-0.3, -0.25) is 4.79 Å². The number of piperidine rings is 1. The lowest BCUT2D eigenvalue weighted by Gasteiger charge is -2.42. The van der Waals surface area contributed by atoms with Crippen LogP contribution >= 0.6 is 0 Å². The van der Waals surface area contributed by atoms with Gasteiger partial charge in [-0.1, -0.05) is 0 Å². The van der Waals surface area contributed by atoms with Crippen molar-refractivity contribution in [3.63, 3.8) is 0 Å². The van der Waals surface area contributed by atoms with Crippen LogP contribution in [0, 0.1) is 5.92 Å². The Bertz CT molecular complexity index is 780. The Morgan fingerprint density at radius 1 is 1.37 bits per heavy atom. The average Bonchev–Trinajstić information content (AvgIpc) is 3.10. The number of likely N-dealkylation sites (N-methyl/N-ethyl adjacent to an activating group) is 1. The number of carbonyl (C=O) groups is 2. The second kappa shape index (κ2) is 8.83. The summed E-state index contributed by atoms with van der Waals surface area (Å²) in [6, 6.07) is -2.38. The molecule has 2 aliphatic rings. The first-order valence-corrected chi connectivity index (χ1v) is 10.1. The van der Waals surface area contributed by atoms with Gasteiger partial charge in [0.1, 0.15) is 11.4 Å². The zero-order chi connectivity index (χ0) is 22.1. The molecule has 0 spiro atoms. The Morgan fingerprint density at radius 2 is 2.10 bits per heavy atom. The summed E-state index contributed by atoms with van der Waals surface area (Å²) in [5, 5.41) is 6.93. The third-order valence-electron chi connectivity index (χ3n) is 5.59. The molecule has 1 saturated heterocycles. The summed E-state index contributed by atoms with van der Waals surface area (Å²) >= 11 is 0. The molecule has 1 fully saturated rings. The van der Waals surface area contributed by atoms with Gasteiger partial charge in [-0.15, -0.1) is 0 Å². The highest BCUT2D eigenvalue weighted by Gasteiger charge is 2.48. The number of aromatic nitrogens is 2. The summed E-state index contributed by atoms with van der Waals surface area (Å²) in [5.41, 5.74) is -0.00727. The van der Waals surface area contributed by atoms with Crippen LogP contribution in [0.2, 0.25) is 0 Å². The quantitative estimate of drug-likeness (QED) is 0.720. The van der Waals surface area contributed by atoms with Gasteiger partial charge in [0.2, 0.25) is 5.91 Å². The summed E-state index contributed by atoms with van der Waals surface area (Å²) in [7, 11) is 3.60. The van der Waals surface area contributed by atoms with Crippen molar-refractivity contribution in [1.82, 2.24) is 19.6 Å². The zero-order valence-electron chi connectivity index (χ0n) is 17.4. The summed E-state index contributed by atoms with van der Waals surface area (Å²) in [6.45, 7) is 2.99. The Balaban J connectivity index is 1.84. The van der Waals surface area contributed by atoms with E-state index in [1.54, 1.807) is 30.8 Å². The number of hydrogen-bond acceptors (Lipinski definition) is 6. The fourth-order valence-electron chi connectivity index (χ4n) is 4.19. The lowest BCUT2D eigenvalue weighted by Crippen LogP contribution is -2.50. The standard InChI is InChI=1S/C19H28F3N5O3/c1-4-30-18(29)13-9-23-27-15(19(20,21)22)8-14(24-17(13)27)12-6-5-7-26(10-12)16(28)11-25(2)3/h9,12,14-15,24H,4-8,10-11H2,1-3H3/t12?,14-,15+/m0/s1. The molecule has 168 valence electrons. The smallest absolute Gasteiger partial charge is 0.410 e. The number of halogens is 3. The van der Waals surface area contributed by atoms with E-state index in [0.29, 0.717) is 19.5 Å². The minimum Gasteiger partial charge on any atom is -0.462 e. The van der Waals surface area contributed by atoms with E-state index in [1.165, 1.54) is 0 Å². The largest absolute Gasteiger partial charge is 0.462 e. The number of esters is 1. The van der Waals surface area contributed by atoms with Gasteiger partial charge in [-0.05, 0) is 46.2 Å². The third-order valence-corrected chi connectivity index (χ3v) is 5.59. The molecule has 8 nitrogen and oxygen atoms in total. The van der Waals surface area contributed by atoms with E-state index in [-0.39, 0.29) is 42.8 Å². The van der Waals surface area contributed by atoms with Gasteiger partial charge < -0.3 is 19.9 Å². The van der Waals surface area contributed by atoms with Crippen LogP contribution in [0.25, 0.3) is 0 Å². The number of anilines is 1. The number of fused-ring (bicyclic) bond motifs is 1. The normalized spacial score (nSPS) is 24.4. The van der Waals surface area contributed by atoms with Gasteiger partial charge in [0.15, 0.2) is 6.04 Å². The van der Waals surface area contributed by atoms with E-state index < -0.39 is 24.2 Å². The molecule has 3 heterocycles. The van der Waals surface area contributed by atoms with Crippen molar-refractivity contribution in [3.05, 3.63) is 11.8 Å². The lowest BCUT2D eigenvalue weighted by molar-refractivity contribution is -0.175. The topological polar surface area (TPSA) is 79.7 Å². The first-order chi connectivity index (χ1) is 14.1. The maximum Gasteiger partial charge on any atom is 0.410 e. The van der Waals surface area contributed by atoms with Crippen LogP contribution in [0.3, 0.4) is 0 Å². The minimum absolute atomic E-state index is 0.00727. The summed E-state index contributed by atoms with van der Waals surface area (Å²) in [6.07, 6.45) is -2.17. The van der Waals surface area contributed by atoms with Crippen molar-refractivity contribution in [3.8, 4) is 0 Å². The SMILES string of the molecule is CCOC(=O)c1cnn2c1N[C@H](C1CCCN(C(=O)CN(C)C)C1)C[C@@H]2C(F)(F)F. The highest BCUT2D eigenvalue weighted by Crippen LogP contribution is 2.42. The molecule has 0 aromatic carbocycles. The molecular weight excluding hydrogens is 403 g/mol. The number of likely N-dealkylation sites (tertiary alicyclic amines) is 1. The van der Waals surface area contributed by atoms with Crippen molar-refractivity contribution in [1.29, 1.82) is 0 Å². The highest BCUT2D eigenvalue weighted by molar-refractivity contribution is 5.94. The number of nitrogens with one attached hydrogen (secondary N) is 1. The maximum absolute atomic E-state index is 13.8. The zero-order valence-corrected chi connectivity index (χ0v) is 17.4. The van der Waals surface area contributed by atoms with Crippen LogP contribution in [0.4, 0.5) is 19.0 Å². The summed E-state index contributed by atoms with van der Waals surface area (Å²) in [4.78, 5) is 28.1. The monoisotopic (exact) mass is 431 g/mol. The Kier molecular flexibility index (Phi) is 6.59. The molecule has 3 atom stereocenters. The van der Waals surface area contributed by atoms with E-state index in [0.717, 1.165) is 17.3 Å². The van der Waals surface area contributed by atoms with Crippen molar-refractivity contribution < 1.29 is 27.5 Å². The van der Waals surface area contributed by atoms with Gasteiger partial charge in [0.05, 0.1) is 19.3 Å². The third kappa shape index (κ3) is 4.71. The number of amides is 1. The molecule has 3 rings (SSSR count). The molecule has 1 N–H and O–H groups in total. The van der Waals surface area contributed by atoms with Crippen LogP contribution in [0.15, 0.2) is 6.20 Å². The first-order valence-electron chi connectivity index (χ1n) is 10.1. The molecule has 0 radical (unpaired) electrons. The van der Waals surface area contributed by atoms with Crippen LogP contribution in [0.5, 0.6) is 0 Å². The van der Waals surface area contributed by atoms with Crippen LogP contribution in [-0.2, 0) is 9.53 Å². The average molecular weight is 431 g/mol. The van der Waals surface area contributed by atoms with E-state index in [9.17, 15) is 22.8 Å². The molecule has 0 saturated carbocycles. The summed E-state index contributed by atoms with van der Waals surface area (Å²) in [5.74, 6) is -0.874. The van der Waals surface area contributed by atoms with E-state index in [4.69, 9.17) is 4.74 Å². The molecule has 0 bridgehead atoms. The number of ether oxygens (including phenoxy) is 1. The van der Waals surface area contributed by atoms with Crippen molar-refractivity contribution in [2.75, 3.05) is 45.7 Å². The van der Waals surface area contributed by atoms with Crippen molar-refractivity contribution >= 4 is 17.7 Å². The number of carbonyl (C=O) groups excluding carboxylic acids is 2. The van der Waals surface area contributed by atoms with Crippen LogP contribution in [0.1, 0.15) is 42.6 Å².